The SMILES string of the molecule is COc1ccc(-c2nc(SCc3ccc(S(C)(=O)=O)cc3)n[nH]2)cc1. The zero-order valence-corrected chi connectivity index (χ0v) is 15.4. The summed E-state index contributed by atoms with van der Waals surface area (Å²) in [6.45, 7) is 0. The molecular formula is C17H17N3O3S2. The van der Waals surface area contributed by atoms with Crippen molar-refractivity contribution < 1.29 is 13.2 Å². The van der Waals surface area contributed by atoms with E-state index in [4.69, 9.17) is 4.74 Å². The molecule has 0 aliphatic rings. The second-order valence-corrected chi connectivity index (χ2v) is 8.36. The smallest absolute Gasteiger partial charge is 0.209 e. The Morgan fingerprint density at radius 3 is 2.36 bits per heavy atom. The molecular weight excluding hydrogens is 358 g/mol. The van der Waals surface area contributed by atoms with Gasteiger partial charge in [-0.3, -0.25) is 5.10 Å². The van der Waals surface area contributed by atoms with Crippen molar-refractivity contribution in [1.29, 1.82) is 0 Å². The van der Waals surface area contributed by atoms with Crippen LogP contribution in [0.4, 0.5) is 0 Å². The van der Waals surface area contributed by atoms with E-state index in [1.807, 2.05) is 24.3 Å². The largest absolute Gasteiger partial charge is 0.497 e. The molecule has 130 valence electrons. The number of aromatic nitrogens is 3. The van der Waals surface area contributed by atoms with Gasteiger partial charge in [-0.15, -0.1) is 5.10 Å². The van der Waals surface area contributed by atoms with E-state index in [0.717, 1.165) is 16.9 Å². The number of nitrogens with zero attached hydrogens (tertiary/aromatic N) is 2. The molecule has 6 nitrogen and oxygen atoms in total. The molecule has 0 amide bonds. The summed E-state index contributed by atoms with van der Waals surface area (Å²) in [6.07, 6.45) is 1.20. The minimum absolute atomic E-state index is 0.320. The molecule has 8 heteroatoms. The normalized spacial score (nSPS) is 11.4. The van der Waals surface area contributed by atoms with Crippen LogP contribution in [-0.4, -0.2) is 37.0 Å². The summed E-state index contributed by atoms with van der Waals surface area (Å²) in [5.74, 6) is 2.14. The van der Waals surface area contributed by atoms with Crippen molar-refractivity contribution in [3.05, 3.63) is 54.1 Å². The number of aromatic amines is 1. The Balaban J connectivity index is 1.65. The fourth-order valence-electron chi connectivity index (χ4n) is 2.17. The highest BCUT2D eigenvalue weighted by molar-refractivity contribution is 7.98. The molecule has 1 N–H and O–H groups in total. The minimum Gasteiger partial charge on any atom is -0.497 e. The maximum atomic E-state index is 11.5. The van der Waals surface area contributed by atoms with Crippen LogP contribution in [0.5, 0.6) is 5.75 Å². The summed E-state index contributed by atoms with van der Waals surface area (Å²) in [6, 6.07) is 14.4. The maximum absolute atomic E-state index is 11.5. The lowest BCUT2D eigenvalue weighted by atomic mass is 10.2. The van der Waals surface area contributed by atoms with E-state index < -0.39 is 9.84 Å². The van der Waals surface area contributed by atoms with Crippen molar-refractivity contribution in [2.75, 3.05) is 13.4 Å². The van der Waals surface area contributed by atoms with Crippen LogP contribution in [0.3, 0.4) is 0 Å². The second-order valence-electron chi connectivity index (χ2n) is 5.40. The lowest BCUT2D eigenvalue weighted by molar-refractivity contribution is 0.415. The second kappa shape index (κ2) is 7.28. The standard InChI is InChI=1S/C17H17N3O3S2/c1-23-14-7-5-13(6-8-14)16-18-17(20-19-16)24-11-12-3-9-15(10-4-12)25(2,21)22/h3-10H,11H2,1-2H3,(H,18,19,20). The fourth-order valence-corrected chi connectivity index (χ4v) is 3.55. The van der Waals surface area contributed by atoms with Crippen LogP contribution in [0.2, 0.25) is 0 Å². The first-order valence-electron chi connectivity index (χ1n) is 7.44. The molecule has 0 radical (unpaired) electrons. The molecule has 0 aliphatic heterocycles. The summed E-state index contributed by atoms with van der Waals surface area (Å²) in [7, 11) is -1.54. The Labute approximate surface area is 150 Å². The first-order chi connectivity index (χ1) is 12.0. The Bertz CT molecular complexity index is 950. The number of ether oxygens (including phenoxy) is 1. The van der Waals surface area contributed by atoms with Gasteiger partial charge in [-0.25, -0.2) is 13.4 Å². The highest BCUT2D eigenvalue weighted by Crippen LogP contribution is 2.24. The number of benzene rings is 2. The molecule has 0 bridgehead atoms. The Morgan fingerprint density at radius 1 is 1.08 bits per heavy atom. The van der Waals surface area contributed by atoms with Crippen molar-refractivity contribution in [3.63, 3.8) is 0 Å². The summed E-state index contributed by atoms with van der Waals surface area (Å²) in [5, 5.41) is 7.77. The fraction of sp³-hybridized carbons (Fsp3) is 0.176. The summed E-state index contributed by atoms with van der Waals surface area (Å²) in [4.78, 5) is 4.79. The van der Waals surface area contributed by atoms with Crippen LogP contribution in [0.15, 0.2) is 58.6 Å². The van der Waals surface area contributed by atoms with Crippen molar-refractivity contribution >= 4 is 21.6 Å². The van der Waals surface area contributed by atoms with E-state index in [9.17, 15) is 8.42 Å². The zero-order valence-electron chi connectivity index (χ0n) is 13.8. The minimum atomic E-state index is -3.16. The molecule has 0 aliphatic carbocycles. The number of H-pyrrole nitrogens is 1. The van der Waals surface area contributed by atoms with E-state index >= 15 is 0 Å². The van der Waals surface area contributed by atoms with Gasteiger partial charge < -0.3 is 4.74 Å². The Morgan fingerprint density at radius 2 is 1.76 bits per heavy atom. The van der Waals surface area contributed by atoms with Crippen molar-refractivity contribution in [3.8, 4) is 17.1 Å². The molecule has 3 aromatic rings. The Kier molecular flexibility index (Phi) is 5.10. The molecule has 1 heterocycles. The number of nitrogens with one attached hydrogen (secondary N) is 1. The summed E-state index contributed by atoms with van der Waals surface area (Å²) >= 11 is 1.48. The topological polar surface area (TPSA) is 84.9 Å². The van der Waals surface area contributed by atoms with Crippen LogP contribution in [-0.2, 0) is 15.6 Å². The number of thioether (sulfide) groups is 1. The lowest BCUT2D eigenvalue weighted by Gasteiger charge is -2.01. The third kappa shape index (κ3) is 4.40. The molecule has 0 saturated heterocycles. The highest BCUT2D eigenvalue weighted by atomic mass is 32.2. The van der Waals surface area contributed by atoms with E-state index in [-0.39, 0.29) is 0 Å². The number of rotatable bonds is 6. The number of hydrogen-bond donors (Lipinski definition) is 1. The first kappa shape index (κ1) is 17.5. The summed E-state index contributed by atoms with van der Waals surface area (Å²) < 4.78 is 28.1. The van der Waals surface area contributed by atoms with Gasteiger partial charge in [0.05, 0.1) is 12.0 Å². The van der Waals surface area contributed by atoms with Gasteiger partial charge in [0.1, 0.15) is 5.75 Å². The average Bonchev–Trinajstić information content (AvgIpc) is 3.09. The third-order valence-corrected chi connectivity index (χ3v) is 5.59. The molecule has 0 saturated carbocycles. The number of methoxy groups -OCH3 is 1. The molecule has 0 spiro atoms. The van der Waals surface area contributed by atoms with Crippen LogP contribution in [0.25, 0.3) is 11.4 Å². The lowest BCUT2D eigenvalue weighted by Crippen LogP contribution is -1.96. The van der Waals surface area contributed by atoms with Gasteiger partial charge in [-0.1, -0.05) is 23.9 Å². The van der Waals surface area contributed by atoms with E-state index in [1.54, 1.807) is 31.4 Å². The average molecular weight is 375 g/mol. The van der Waals surface area contributed by atoms with Gasteiger partial charge in [0.15, 0.2) is 15.7 Å². The van der Waals surface area contributed by atoms with E-state index in [2.05, 4.69) is 15.2 Å². The molecule has 0 atom stereocenters. The molecule has 3 rings (SSSR count). The van der Waals surface area contributed by atoms with E-state index in [1.165, 1.54) is 18.0 Å². The van der Waals surface area contributed by atoms with Gasteiger partial charge >= 0.3 is 0 Å². The summed E-state index contributed by atoms with van der Waals surface area (Å²) in [5.41, 5.74) is 1.94. The van der Waals surface area contributed by atoms with Crippen LogP contribution < -0.4 is 4.74 Å². The number of sulfone groups is 1. The van der Waals surface area contributed by atoms with Crippen molar-refractivity contribution in [2.24, 2.45) is 0 Å². The predicted octanol–water partition coefficient (Wildman–Crippen LogP) is 3.18. The molecule has 0 unspecified atom stereocenters. The third-order valence-electron chi connectivity index (χ3n) is 3.55. The van der Waals surface area contributed by atoms with Crippen LogP contribution >= 0.6 is 11.8 Å². The monoisotopic (exact) mass is 375 g/mol. The molecule has 2 aromatic carbocycles. The maximum Gasteiger partial charge on any atom is 0.209 e. The Hall–Kier alpha value is -2.32. The van der Waals surface area contributed by atoms with E-state index in [0.29, 0.717) is 21.6 Å². The van der Waals surface area contributed by atoms with Gasteiger partial charge in [-0.2, -0.15) is 0 Å². The number of hydrogen-bond acceptors (Lipinski definition) is 6. The van der Waals surface area contributed by atoms with Gasteiger partial charge in [0.2, 0.25) is 5.16 Å². The quantitative estimate of drug-likeness (QED) is 0.666. The van der Waals surface area contributed by atoms with Crippen LogP contribution in [0.1, 0.15) is 5.56 Å². The van der Waals surface area contributed by atoms with Crippen LogP contribution in [0, 0.1) is 0 Å². The molecule has 1 aromatic heterocycles. The van der Waals surface area contributed by atoms with Gasteiger partial charge in [0, 0.05) is 17.6 Å². The van der Waals surface area contributed by atoms with Gasteiger partial charge in [0.25, 0.3) is 0 Å². The van der Waals surface area contributed by atoms with Crippen molar-refractivity contribution in [1.82, 2.24) is 15.2 Å². The van der Waals surface area contributed by atoms with Gasteiger partial charge in [-0.05, 0) is 42.0 Å². The highest BCUT2D eigenvalue weighted by Gasteiger charge is 2.09. The zero-order chi connectivity index (χ0) is 17.9. The van der Waals surface area contributed by atoms with Crippen molar-refractivity contribution in [2.45, 2.75) is 15.8 Å². The first-order valence-corrected chi connectivity index (χ1v) is 10.3. The predicted molar refractivity (Wildman–Crippen MR) is 97.5 cm³/mol. The molecule has 25 heavy (non-hydrogen) atoms. The molecule has 0 fully saturated rings.